The van der Waals surface area contributed by atoms with Gasteiger partial charge in [0, 0.05) is 19.7 Å². The molecule has 1 aliphatic heterocycles. The molecule has 1 saturated heterocycles. The SMILES string of the molecule is CN(CC(O)COCc1ccccc1)CC1CCCCO1. The van der Waals surface area contributed by atoms with Crippen LogP contribution in [0, 0.1) is 0 Å². The van der Waals surface area contributed by atoms with Gasteiger partial charge >= 0.3 is 0 Å². The maximum atomic E-state index is 10.0. The molecule has 2 unspecified atom stereocenters. The zero-order valence-corrected chi connectivity index (χ0v) is 12.9. The van der Waals surface area contributed by atoms with Crippen molar-refractivity contribution in [1.82, 2.24) is 4.90 Å². The Bertz CT molecular complexity index is 379. The molecule has 0 aromatic heterocycles. The highest BCUT2D eigenvalue weighted by Crippen LogP contribution is 2.13. The molecule has 2 rings (SSSR count). The summed E-state index contributed by atoms with van der Waals surface area (Å²) in [5.41, 5.74) is 1.13. The van der Waals surface area contributed by atoms with Gasteiger partial charge < -0.3 is 19.5 Å². The molecule has 1 fully saturated rings. The molecule has 4 nitrogen and oxygen atoms in total. The molecule has 1 N–H and O–H groups in total. The number of hydrogen-bond acceptors (Lipinski definition) is 4. The van der Waals surface area contributed by atoms with Crippen molar-refractivity contribution in [3.05, 3.63) is 35.9 Å². The van der Waals surface area contributed by atoms with Crippen LogP contribution in [0.1, 0.15) is 24.8 Å². The fraction of sp³-hybridized carbons (Fsp3) is 0.647. The summed E-state index contributed by atoms with van der Waals surface area (Å²) in [6, 6.07) is 10.0. The molecule has 0 radical (unpaired) electrons. The summed E-state index contributed by atoms with van der Waals surface area (Å²) in [4.78, 5) is 2.13. The summed E-state index contributed by atoms with van der Waals surface area (Å²) >= 11 is 0. The van der Waals surface area contributed by atoms with Crippen LogP contribution in [0.4, 0.5) is 0 Å². The Kier molecular flexibility index (Phi) is 7.16. The number of aliphatic hydroxyl groups excluding tert-OH is 1. The maximum absolute atomic E-state index is 10.0. The van der Waals surface area contributed by atoms with Crippen LogP contribution in [-0.2, 0) is 16.1 Å². The number of aliphatic hydroxyl groups is 1. The first-order chi connectivity index (χ1) is 10.2. The summed E-state index contributed by atoms with van der Waals surface area (Å²) in [6.07, 6.45) is 3.42. The number of likely N-dealkylation sites (N-methyl/N-ethyl adjacent to an activating group) is 1. The van der Waals surface area contributed by atoms with Gasteiger partial charge in [-0.1, -0.05) is 30.3 Å². The quantitative estimate of drug-likeness (QED) is 0.797. The first-order valence-electron chi connectivity index (χ1n) is 7.84. The number of ether oxygens (including phenoxy) is 2. The fourth-order valence-corrected chi connectivity index (χ4v) is 2.67. The number of benzene rings is 1. The van der Waals surface area contributed by atoms with E-state index < -0.39 is 6.10 Å². The van der Waals surface area contributed by atoms with Crippen LogP contribution >= 0.6 is 0 Å². The topological polar surface area (TPSA) is 41.9 Å². The van der Waals surface area contributed by atoms with Gasteiger partial charge in [-0.15, -0.1) is 0 Å². The molecular formula is C17H27NO3. The molecule has 0 aliphatic carbocycles. The van der Waals surface area contributed by atoms with E-state index in [1.165, 1.54) is 12.8 Å². The van der Waals surface area contributed by atoms with Crippen molar-refractivity contribution < 1.29 is 14.6 Å². The number of nitrogens with zero attached hydrogens (tertiary/aromatic N) is 1. The Balaban J connectivity index is 1.58. The lowest BCUT2D eigenvalue weighted by molar-refractivity contribution is -0.0203. The third-order valence-electron chi connectivity index (χ3n) is 3.73. The molecule has 2 atom stereocenters. The fourth-order valence-electron chi connectivity index (χ4n) is 2.67. The molecule has 0 amide bonds. The van der Waals surface area contributed by atoms with Crippen molar-refractivity contribution in [2.75, 3.05) is 33.4 Å². The van der Waals surface area contributed by atoms with Gasteiger partial charge in [-0.05, 0) is 31.9 Å². The van der Waals surface area contributed by atoms with Gasteiger partial charge in [0.25, 0.3) is 0 Å². The van der Waals surface area contributed by atoms with E-state index in [2.05, 4.69) is 4.90 Å². The van der Waals surface area contributed by atoms with Gasteiger partial charge in [0.15, 0.2) is 0 Å². The van der Waals surface area contributed by atoms with Crippen LogP contribution in [0.3, 0.4) is 0 Å². The van der Waals surface area contributed by atoms with Gasteiger partial charge in [0.2, 0.25) is 0 Å². The molecule has 1 aromatic rings. The highest BCUT2D eigenvalue weighted by Gasteiger charge is 2.17. The van der Waals surface area contributed by atoms with Crippen molar-refractivity contribution in [3.8, 4) is 0 Å². The monoisotopic (exact) mass is 293 g/mol. The van der Waals surface area contributed by atoms with Crippen molar-refractivity contribution >= 4 is 0 Å². The van der Waals surface area contributed by atoms with E-state index in [1.54, 1.807) is 0 Å². The van der Waals surface area contributed by atoms with Crippen LogP contribution < -0.4 is 0 Å². The second-order valence-electron chi connectivity index (χ2n) is 5.86. The number of rotatable bonds is 8. The summed E-state index contributed by atoms with van der Waals surface area (Å²) in [5.74, 6) is 0. The summed E-state index contributed by atoms with van der Waals surface area (Å²) in [5, 5.41) is 10.0. The molecule has 118 valence electrons. The lowest BCUT2D eigenvalue weighted by Crippen LogP contribution is -2.38. The van der Waals surface area contributed by atoms with Gasteiger partial charge in [-0.3, -0.25) is 0 Å². The van der Waals surface area contributed by atoms with Gasteiger partial charge in [0.1, 0.15) is 0 Å². The van der Waals surface area contributed by atoms with E-state index >= 15 is 0 Å². The van der Waals surface area contributed by atoms with Crippen LogP contribution in [0.25, 0.3) is 0 Å². The molecule has 0 bridgehead atoms. The minimum absolute atomic E-state index is 0.321. The minimum atomic E-state index is -0.456. The summed E-state index contributed by atoms with van der Waals surface area (Å²) < 4.78 is 11.3. The Hall–Kier alpha value is -0.940. The van der Waals surface area contributed by atoms with Crippen molar-refractivity contribution in [2.24, 2.45) is 0 Å². The first-order valence-corrected chi connectivity index (χ1v) is 7.84. The van der Waals surface area contributed by atoms with Crippen LogP contribution in [0.15, 0.2) is 30.3 Å². The maximum Gasteiger partial charge on any atom is 0.0900 e. The van der Waals surface area contributed by atoms with Gasteiger partial charge in [-0.25, -0.2) is 0 Å². The highest BCUT2D eigenvalue weighted by molar-refractivity contribution is 5.13. The summed E-state index contributed by atoms with van der Waals surface area (Å²) in [6.45, 7) is 3.30. The predicted octanol–water partition coefficient (Wildman–Crippen LogP) is 2.06. The van der Waals surface area contributed by atoms with Crippen LogP contribution in [0.2, 0.25) is 0 Å². The van der Waals surface area contributed by atoms with Crippen molar-refractivity contribution in [3.63, 3.8) is 0 Å². The van der Waals surface area contributed by atoms with Crippen LogP contribution in [0.5, 0.6) is 0 Å². The normalized spacial score (nSPS) is 20.6. The molecular weight excluding hydrogens is 266 g/mol. The van der Waals surface area contributed by atoms with Crippen molar-refractivity contribution in [2.45, 2.75) is 38.1 Å². The largest absolute Gasteiger partial charge is 0.389 e. The van der Waals surface area contributed by atoms with E-state index in [0.29, 0.717) is 25.9 Å². The Morgan fingerprint density at radius 1 is 1.33 bits per heavy atom. The first kappa shape index (κ1) is 16.4. The smallest absolute Gasteiger partial charge is 0.0900 e. The second kappa shape index (κ2) is 9.15. The Morgan fingerprint density at radius 2 is 2.14 bits per heavy atom. The number of hydrogen-bond donors (Lipinski definition) is 1. The zero-order chi connectivity index (χ0) is 14.9. The molecule has 0 spiro atoms. The Labute approximate surface area is 127 Å². The predicted molar refractivity (Wildman–Crippen MR) is 83.2 cm³/mol. The Morgan fingerprint density at radius 3 is 2.86 bits per heavy atom. The van der Waals surface area contributed by atoms with Gasteiger partial charge in [-0.2, -0.15) is 0 Å². The zero-order valence-electron chi connectivity index (χ0n) is 12.9. The van der Waals surface area contributed by atoms with E-state index in [-0.39, 0.29) is 0 Å². The average Bonchev–Trinajstić information content (AvgIpc) is 2.49. The lowest BCUT2D eigenvalue weighted by atomic mass is 10.1. The molecule has 21 heavy (non-hydrogen) atoms. The molecule has 4 heteroatoms. The van der Waals surface area contributed by atoms with Crippen LogP contribution in [-0.4, -0.2) is 55.6 Å². The van der Waals surface area contributed by atoms with E-state index in [4.69, 9.17) is 9.47 Å². The molecule has 0 saturated carbocycles. The van der Waals surface area contributed by atoms with Gasteiger partial charge in [0.05, 0.1) is 25.4 Å². The lowest BCUT2D eigenvalue weighted by Gasteiger charge is -2.28. The standard InChI is InChI=1S/C17H27NO3/c1-18(12-17-9-5-6-10-21-17)11-16(19)14-20-13-15-7-3-2-4-8-15/h2-4,7-8,16-17,19H,5-6,9-14H2,1H3. The van der Waals surface area contributed by atoms with E-state index in [1.807, 2.05) is 37.4 Å². The second-order valence-corrected chi connectivity index (χ2v) is 5.86. The average molecular weight is 293 g/mol. The van der Waals surface area contributed by atoms with Crippen molar-refractivity contribution in [1.29, 1.82) is 0 Å². The molecule has 1 aromatic carbocycles. The van der Waals surface area contributed by atoms with E-state index in [0.717, 1.165) is 25.1 Å². The highest BCUT2D eigenvalue weighted by atomic mass is 16.5. The summed E-state index contributed by atoms with van der Waals surface area (Å²) in [7, 11) is 2.03. The third kappa shape index (κ3) is 6.57. The third-order valence-corrected chi connectivity index (χ3v) is 3.73. The molecule has 1 heterocycles. The molecule has 1 aliphatic rings. The minimum Gasteiger partial charge on any atom is -0.389 e. The van der Waals surface area contributed by atoms with E-state index in [9.17, 15) is 5.11 Å².